The summed E-state index contributed by atoms with van der Waals surface area (Å²) < 4.78 is 5.71. The minimum absolute atomic E-state index is 0.0901. The van der Waals surface area contributed by atoms with Crippen LogP contribution in [0.1, 0.15) is 41.3 Å². The summed E-state index contributed by atoms with van der Waals surface area (Å²) in [5.41, 5.74) is 7.96. The van der Waals surface area contributed by atoms with Gasteiger partial charge in [0.15, 0.2) is 6.10 Å². The first-order valence-electron chi connectivity index (χ1n) is 9.60. The molecule has 7 nitrogen and oxygen atoms in total. The van der Waals surface area contributed by atoms with Crippen LogP contribution >= 0.6 is 0 Å². The number of anilines is 1. The van der Waals surface area contributed by atoms with Crippen LogP contribution in [0.15, 0.2) is 42.5 Å². The maximum Gasteiger partial charge on any atom is 0.279 e. The van der Waals surface area contributed by atoms with Crippen molar-refractivity contribution in [3.05, 3.63) is 59.2 Å². The van der Waals surface area contributed by atoms with Gasteiger partial charge in [0.05, 0.1) is 0 Å². The Hall–Kier alpha value is -3.35. The lowest BCUT2D eigenvalue weighted by Crippen LogP contribution is -2.47. The van der Waals surface area contributed by atoms with Crippen LogP contribution in [0.4, 0.5) is 5.69 Å². The highest BCUT2D eigenvalue weighted by Gasteiger charge is 2.22. The van der Waals surface area contributed by atoms with Crippen molar-refractivity contribution in [2.75, 3.05) is 11.4 Å². The molecule has 0 aromatic heterocycles. The Morgan fingerprint density at radius 1 is 1.07 bits per heavy atom. The van der Waals surface area contributed by atoms with Gasteiger partial charge in [0.2, 0.25) is 5.91 Å². The van der Waals surface area contributed by atoms with Gasteiger partial charge in [0.25, 0.3) is 11.8 Å². The number of hydrazine groups is 1. The van der Waals surface area contributed by atoms with Crippen molar-refractivity contribution in [1.82, 2.24) is 10.9 Å². The van der Waals surface area contributed by atoms with Crippen LogP contribution in [-0.2, 0) is 9.59 Å². The van der Waals surface area contributed by atoms with E-state index in [-0.39, 0.29) is 5.91 Å². The van der Waals surface area contributed by atoms with Gasteiger partial charge < -0.3 is 9.64 Å². The van der Waals surface area contributed by atoms with Crippen molar-refractivity contribution >= 4 is 23.4 Å². The van der Waals surface area contributed by atoms with E-state index in [1.165, 1.54) is 0 Å². The monoisotopic (exact) mass is 395 g/mol. The summed E-state index contributed by atoms with van der Waals surface area (Å²) in [6, 6.07) is 12.3. The fourth-order valence-corrected chi connectivity index (χ4v) is 3.10. The molecule has 2 aromatic carbocycles. The smallest absolute Gasteiger partial charge is 0.279 e. The van der Waals surface area contributed by atoms with Gasteiger partial charge in [-0.05, 0) is 68.7 Å². The Bertz CT molecular complexity index is 924. The summed E-state index contributed by atoms with van der Waals surface area (Å²) in [7, 11) is 0. The summed E-state index contributed by atoms with van der Waals surface area (Å²) >= 11 is 0. The zero-order valence-electron chi connectivity index (χ0n) is 16.8. The first-order valence-corrected chi connectivity index (χ1v) is 9.60. The van der Waals surface area contributed by atoms with E-state index in [2.05, 4.69) is 10.9 Å². The molecule has 0 bridgehead atoms. The molecule has 1 fully saturated rings. The maximum atomic E-state index is 12.3. The fraction of sp³-hybridized carbons (Fsp3) is 0.318. The summed E-state index contributed by atoms with van der Waals surface area (Å²) in [5, 5.41) is 0. The first-order chi connectivity index (χ1) is 13.9. The molecule has 1 aliphatic rings. The van der Waals surface area contributed by atoms with E-state index < -0.39 is 17.9 Å². The Balaban J connectivity index is 1.53. The third kappa shape index (κ3) is 4.74. The summed E-state index contributed by atoms with van der Waals surface area (Å²) in [4.78, 5) is 38.0. The lowest BCUT2D eigenvalue weighted by atomic mass is 10.1. The second kappa shape index (κ2) is 8.77. The number of benzene rings is 2. The van der Waals surface area contributed by atoms with E-state index in [4.69, 9.17) is 4.74 Å². The number of aryl methyl sites for hydroxylation is 1. The van der Waals surface area contributed by atoms with E-state index in [1.54, 1.807) is 42.2 Å². The number of nitrogens with one attached hydrogen (secondary N) is 2. The highest BCUT2D eigenvalue weighted by atomic mass is 16.5. The van der Waals surface area contributed by atoms with Gasteiger partial charge >= 0.3 is 0 Å². The molecule has 0 radical (unpaired) electrons. The Kier molecular flexibility index (Phi) is 6.16. The third-order valence-electron chi connectivity index (χ3n) is 5.04. The Labute approximate surface area is 170 Å². The quantitative estimate of drug-likeness (QED) is 0.762. The molecule has 0 saturated carbocycles. The van der Waals surface area contributed by atoms with Gasteiger partial charge in [0.1, 0.15) is 5.75 Å². The van der Waals surface area contributed by atoms with Gasteiger partial charge in [0, 0.05) is 24.2 Å². The van der Waals surface area contributed by atoms with Crippen molar-refractivity contribution in [2.45, 2.75) is 39.7 Å². The van der Waals surface area contributed by atoms with Crippen LogP contribution in [0.2, 0.25) is 0 Å². The molecule has 3 rings (SSSR count). The normalized spacial score (nSPS) is 14.4. The van der Waals surface area contributed by atoms with Crippen molar-refractivity contribution in [1.29, 1.82) is 0 Å². The van der Waals surface area contributed by atoms with Crippen molar-refractivity contribution < 1.29 is 19.1 Å². The molecule has 2 aromatic rings. The van der Waals surface area contributed by atoms with Gasteiger partial charge in [-0.1, -0.05) is 12.1 Å². The van der Waals surface area contributed by atoms with Crippen molar-refractivity contribution in [2.24, 2.45) is 0 Å². The predicted molar refractivity (Wildman–Crippen MR) is 110 cm³/mol. The SMILES string of the molecule is Cc1cccc(O[C@H](C)C(=O)NNC(=O)c2ccc(N3CCCC3=O)cc2)c1C. The zero-order chi connectivity index (χ0) is 21.0. The molecule has 29 heavy (non-hydrogen) atoms. The molecule has 1 atom stereocenters. The summed E-state index contributed by atoms with van der Waals surface area (Å²) in [6.07, 6.45) is 0.616. The molecule has 152 valence electrons. The second-order valence-electron chi connectivity index (χ2n) is 7.10. The third-order valence-corrected chi connectivity index (χ3v) is 5.04. The lowest BCUT2D eigenvalue weighted by molar-refractivity contribution is -0.128. The van der Waals surface area contributed by atoms with Crippen LogP contribution < -0.4 is 20.5 Å². The Morgan fingerprint density at radius 2 is 1.79 bits per heavy atom. The molecular weight excluding hydrogens is 370 g/mol. The van der Waals surface area contributed by atoms with E-state index in [0.717, 1.165) is 23.2 Å². The van der Waals surface area contributed by atoms with E-state index >= 15 is 0 Å². The summed E-state index contributed by atoms with van der Waals surface area (Å²) in [5.74, 6) is -0.187. The number of carbonyl (C=O) groups is 3. The maximum absolute atomic E-state index is 12.3. The molecular formula is C22H25N3O4. The van der Waals surface area contributed by atoms with E-state index in [1.807, 2.05) is 26.0 Å². The number of hydrogen-bond donors (Lipinski definition) is 2. The van der Waals surface area contributed by atoms with Crippen LogP contribution in [0.3, 0.4) is 0 Å². The summed E-state index contributed by atoms with van der Waals surface area (Å²) in [6.45, 7) is 6.21. The van der Waals surface area contributed by atoms with Gasteiger partial charge in [-0.25, -0.2) is 0 Å². The molecule has 2 N–H and O–H groups in total. The number of amides is 3. The van der Waals surface area contributed by atoms with E-state index in [0.29, 0.717) is 24.3 Å². The van der Waals surface area contributed by atoms with E-state index in [9.17, 15) is 14.4 Å². The predicted octanol–water partition coefficient (Wildman–Crippen LogP) is 2.66. The number of nitrogens with zero attached hydrogens (tertiary/aromatic N) is 1. The number of ether oxygens (including phenoxy) is 1. The number of hydrogen-bond acceptors (Lipinski definition) is 4. The standard InChI is InChI=1S/C22H25N3O4/c1-14-6-4-7-19(15(14)2)29-16(3)21(27)23-24-22(28)17-9-11-18(12-10-17)25-13-5-8-20(25)26/h4,6-7,9-12,16H,5,8,13H2,1-3H3,(H,23,27)(H,24,28)/t16-/m1/s1. The highest BCUT2D eigenvalue weighted by molar-refractivity contribution is 5.98. The van der Waals surface area contributed by atoms with Crippen LogP contribution in [0.25, 0.3) is 0 Å². The topological polar surface area (TPSA) is 87.7 Å². The molecule has 1 aliphatic heterocycles. The molecule has 7 heteroatoms. The molecule has 0 aliphatic carbocycles. The fourth-order valence-electron chi connectivity index (χ4n) is 3.10. The number of carbonyl (C=O) groups excluding carboxylic acids is 3. The van der Waals surface area contributed by atoms with Crippen LogP contribution in [0, 0.1) is 13.8 Å². The minimum Gasteiger partial charge on any atom is -0.481 e. The largest absolute Gasteiger partial charge is 0.481 e. The second-order valence-corrected chi connectivity index (χ2v) is 7.10. The van der Waals surface area contributed by atoms with Crippen LogP contribution in [0.5, 0.6) is 5.75 Å². The van der Waals surface area contributed by atoms with Crippen molar-refractivity contribution in [3.63, 3.8) is 0 Å². The molecule has 0 spiro atoms. The molecule has 0 unspecified atom stereocenters. The minimum atomic E-state index is -0.778. The highest BCUT2D eigenvalue weighted by Crippen LogP contribution is 2.22. The van der Waals surface area contributed by atoms with Gasteiger partial charge in [-0.3, -0.25) is 25.2 Å². The average Bonchev–Trinajstić information content (AvgIpc) is 3.15. The van der Waals surface area contributed by atoms with Gasteiger partial charge in [-0.15, -0.1) is 0 Å². The molecule has 1 heterocycles. The van der Waals surface area contributed by atoms with Crippen molar-refractivity contribution in [3.8, 4) is 5.75 Å². The lowest BCUT2D eigenvalue weighted by Gasteiger charge is -2.18. The Morgan fingerprint density at radius 3 is 2.45 bits per heavy atom. The average molecular weight is 395 g/mol. The molecule has 3 amide bonds. The first kappa shape index (κ1) is 20.4. The molecule has 1 saturated heterocycles. The number of rotatable bonds is 5. The van der Waals surface area contributed by atoms with Crippen LogP contribution in [-0.4, -0.2) is 30.4 Å². The zero-order valence-corrected chi connectivity index (χ0v) is 16.8. The van der Waals surface area contributed by atoms with Gasteiger partial charge in [-0.2, -0.15) is 0 Å².